The van der Waals surface area contributed by atoms with Gasteiger partial charge in [0.1, 0.15) is 0 Å². The molecule has 0 aromatic heterocycles. The summed E-state index contributed by atoms with van der Waals surface area (Å²) in [6, 6.07) is 15.2. The maximum Gasteiger partial charge on any atom is 0.317 e. The molecule has 22 heavy (non-hydrogen) atoms. The van der Waals surface area contributed by atoms with Gasteiger partial charge in [-0.2, -0.15) is 0 Å². The van der Waals surface area contributed by atoms with Crippen LogP contribution in [0.2, 0.25) is 10.0 Å². The van der Waals surface area contributed by atoms with Crippen molar-refractivity contribution < 1.29 is 4.79 Å². The summed E-state index contributed by atoms with van der Waals surface area (Å²) in [5, 5.41) is 4.12. The molecule has 0 unspecified atom stereocenters. The Kier molecular flexibility index (Phi) is 6.10. The summed E-state index contributed by atoms with van der Waals surface area (Å²) in [5.41, 5.74) is 2.07. The number of nitrogens with one attached hydrogen (secondary N) is 1. The van der Waals surface area contributed by atoms with E-state index in [-0.39, 0.29) is 6.03 Å². The van der Waals surface area contributed by atoms with E-state index in [4.69, 9.17) is 23.2 Å². The fraction of sp³-hybridized carbons (Fsp3) is 0.235. The molecule has 0 spiro atoms. The molecule has 0 atom stereocenters. The summed E-state index contributed by atoms with van der Waals surface area (Å²) in [4.78, 5) is 13.7. The lowest BCUT2D eigenvalue weighted by atomic mass is 10.1. The number of rotatable bonds is 5. The van der Waals surface area contributed by atoms with E-state index >= 15 is 0 Å². The van der Waals surface area contributed by atoms with Gasteiger partial charge in [0.05, 0.1) is 0 Å². The topological polar surface area (TPSA) is 32.3 Å². The van der Waals surface area contributed by atoms with Crippen LogP contribution in [0.5, 0.6) is 0 Å². The zero-order chi connectivity index (χ0) is 15.9. The predicted molar refractivity (Wildman–Crippen MR) is 91.5 cm³/mol. The number of hydrogen-bond donors (Lipinski definition) is 1. The van der Waals surface area contributed by atoms with Crippen molar-refractivity contribution in [1.82, 2.24) is 10.2 Å². The van der Waals surface area contributed by atoms with Crippen LogP contribution in [-0.2, 0) is 13.0 Å². The smallest absolute Gasteiger partial charge is 0.317 e. The van der Waals surface area contributed by atoms with E-state index in [1.165, 1.54) is 0 Å². The van der Waals surface area contributed by atoms with Gasteiger partial charge in [0.2, 0.25) is 0 Å². The molecule has 2 aromatic rings. The molecule has 1 N–H and O–H groups in total. The maximum atomic E-state index is 12.0. The zero-order valence-corrected chi connectivity index (χ0v) is 13.9. The van der Waals surface area contributed by atoms with Crippen molar-refractivity contribution in [3.63, 3.8) is 0 Å². The second kappa shape index (κ2) is 8.06. The van der Waals surface area contributed by atoms with Gasteiger partial charge in [0.25, 0.3) is 0 Å². The summed E-state index contributed by atoms with van der Waals surface area (Å²) in [6.45, 7) is 1.10. The number of hydrogen-bond acceptors (Lipinski definition) is 1. The maximum absolute atomic E-state index is 12.0. The van der Waals surface area contributed by atoms with Crippen LogP contribution in [-0.4, -0.2) is 24.5 Å². The Bertz CT molecular complexity index is 632. The molecule has 0 aliphatic heterocycles. The minimum atomic E-state index is -0.103. The molecule has 0 bridgehead atoms. The third kappa shape index (κ3) is 4.93. The average Bonchev–Trinajstić information content (AvgIpc) is 2.50. The Hall–Kier alpha value is -1.71. The lowest BCUT2D eigenvalue weighted by molar-refractivity contribution is 0.207. The first-order chi connectivity index (χ1) is 10.6. The molecule has 116 valence electrons. The normalized spacial score (nSPS) is 10.3. The highest BCUT2D eigenvalue weighted by molar-refractivity contribution is 6.35. The number of carbonyl (C=O) groups is 1. The Labute approximate surface area is 140 Å². The number of halogens is 2. The molecule has 0 saturated carbocycles. The highest BCUT2D eigenvalue weighted by Gasteiger charge is 2.09. The second-order valence-electron chi connectivity index (χ2n) is 5.06. The van der Waals surface area contributed by atoms with Gasteiger partial charge < -0.3 is 10.2 Å². The highest BCUT2D eigenvalue weighted by Crippen LogP contribution is 2.21. The van der Waals surface area contributed by atoms with E-state index in [0.717, 1.165) is 11.1 Å². The molecule has 0 radical (unpaired) electrons. The molecule has 3 nitrogen and oxygen atoms in total. The summed E-state index contributed by atoms with van der Waals surface area (Å²) >= 11 is 12.0. The summed E-state index contributed by atoms with van der Waals surface area (Å²) in [5.74, 6) is 0. The van der Waals surface area contributed by atoms with Crippen LogP contribution in [0.25, 0.3) is 0 Å². The van der Waals surface area contributed by atoms with Crippen LogP contribution in [0.4, 0.5) is 4.79 Å². The monoisotopic (exact) mass is 336 g/mol. The number of benzene rings is 2. The van der Waals surface area contributed by atoms with Crippen LogP contribution in [0.1, 0.15) is 11.1 Å². The molecule has 0 heterocycles. The molecule has 2 rings (SSSR count). The van der Waals surface area contributed by atoms with Crippen LogP contribution >= 0.6 is 23.2 Å². The van der Waals surface area contributed by atoms with Crippen molar-refractivity contribution in [2.24, 2.45) is 0 Å². The van der Waals surface area contributed by atoms with Crippen molar-refractivity contribution in [1.29, 1.82) is 0 Å². The average molecular weight is 337 g/mol. The number of carbonyl (C=O) groups excluding carboxylic acids is 1. The Morgan fingerprint density at radius 1 is 1.14 bits per heavy atom. The SMILES string of the molecule is CN(Cc1ccccc1)C(=O)NCCc1ccc(Cl)cc1Cl. The predicted octanol–water partition coefficient (Wildman–Crippen LogP) is 4.38. The first kappa shape index (κ1) is 16.7. The van der Waals surface area contributed by atoms with Crippen molar-refractivity contribution in [3.8, 4) is 0 Å². The van der Waals surface area contributed by atoms with Crippen molar-refractivity contribution >= 4 is 29.2 Å². The fourth-order valence-corrected chi connectivity index (χ4v) is 2.60. The molecular weight excluding hydrogens is 319 g/mol. The van der Waals surface area contributed by atoms with E-state index in [1.54, 1.807) is 24.1 Å². The summed E-state index contributed by atoms with van der Waals surface area (Å²) in [7, 11) is 1.78. The van der Waals surface area contributed by atoms with Gasteiger partial charge in [0, 0.05) is 30.2 Å². The van der Waals surface area contributed by atoms with Gasteiger partial charge in [-0.1, -0.05) is 59.6 Å². The van der Waals surface area contributed by atoms with Gasteiger partial charge in [-0.15, -0.1) is 0 Å². The standard InChI is InChI=1S/C17H18Cl2N2O/c1-21(12-13-5-3-2-4-6-13)17(22)20-10-9-14-7-8-15(18)11-16(14)19/h2-8,11H,9-10,12H2,1H3,(H,20,22). The number of amides is 2. The molecule has 5 heteroatoms. The molecule has 2 aromatic carbocycles. The van der Waals surface area contributed by atoms with Gasteiger partial charge in [-0.25, -0.2) is 4.79 Å². The van der Waals surface area contributed by atoms with Crippen molar-refractivity contribution in [3.05, 3.63) is 69.7 Å². The quantitative estimate of drug-likeness (QED) is 0.863. The Morgan fingerprint density at radius 3 is 2.55 bits per heavy atom. The molecular formula is C17H18Cl2N2O. The van der Waals surface area contributed by atoms with E-state index in [9.17, 15) is 4.79 Å². The third-order valence-electron chi connectivity index (χ3n) is 3.29. The van der Waals surface area contributed by atoms with Crippen LogP contribution in [0.15, 0.2) is 48.5 Å². The largest absolute Gasteiger partial charge is 0.338 e. The fourth-order valence-electron chi connectivity index (χ4n) is 2.09. The third-order valence-corrected chi connectivity index (χ3v) is 3.88. The van der Waals surface area contributed by atoms with Crippen LogP contribution in [0.3, 0.4) is 0 Å². The summed E-state index contributed by atoms with van der Waals surface area (Å²) in [6.07, 6.45) is 0.668. The summed E-state index contributed by atoms with van der Waals surface area (Å²) < 4.78 is 0. The minimum absolute atomic E-state index is 0.103. The lowest BCUT2D eigenvalue weighted by Gasteiger charge is -2.18. The van der Waals surface area contributed by atoms with E-state index < -0.39 is 0 Å². The minimum Gasteiger partial charge on any atom is -0.338 e. The van der Waals surface area contributed by atoms with Gasteiger partial charge in [0.15, 0.2) is 0 Å². The van der Waals surface area contributed by atoms with E-state index in [2.05, 4.69) is 5.32 Å². The zero-order valence-electron chi connectivity index (χ0n) is 12.4. The molecule has 0 saturated heterocycles. The number of nitrogens with zero attached hydrogens (tertiary/aromatic N) is 1. The second-order valence-corrected chi connectivity index (χ2v) is 5.90. The van der Waals surface area contributed by atoms with Gasteiger partial charge in [-0.3, -0.25) is 0 Å². The Morgan fingerprint density at radius 2 is 1.86 bits per heavy atom. The van der Waals surface area contributed by atoms with Crippen LogP contribution < -0.4 is 5.32 Å². The molecule has 0 aliphatic rings. The van der Waals surface area contributed by atoms with Crippen LogP contribution in [0, 0.1) is 0 Å². The molecule has 2 amide bonds. The highest BCUT2D eigenvalue weighted by atomic mass is 35.5. The first-order valence-corrected chi connectivity index (χ1v) is 7.78. The van der Waals surface area contributed by atoms with Crippen molar-refractivity contribution in [2.75, 3.05) is 13.6 Å². The first-order valence-electron chi connectivity index (χ1n) is 7.03. The molecule has 0 aliphatic carbocycles. The van der Waals surface area contributed by atoms with E-state index in [1.807, 2.05) is 36.4 Å². The van der Waals surface area contributed by atoms with E-state index in [0.29, 0.717) is 29.6 Å². The van der Waals surface area contributed by atoms with Crippen molar-refractivity contribution in [2.45, 2.75) is 13.0 Å². The molecule has 0 fully saturated rings. The van der Waals surface area contributed by atoms with Gasteiger partial charge in [-0.05, 0) is 29.7 Å². The van der Waals surface area contributed by atoms with Gasteiger partial charge >= 0.3 is 6.03 Å². The number of urea groups is 1. The lowest BCUT2D eigenvalue weighted by Crippen LogP contribution is -2.37. The Balaban J connectivity index is 1.80.